The molecule has 13 heavy (non-hydrogen) atoms. The van der Waals surface area contributed by atoms with Crippen molar-refractivity contribution < 1.29 is 9.47 Å². The van der Waals surface area contributed by atoms with Gasteiger partial charge in [0.05, 0.1) is 12.7 Å². The summed E-state index contributed by atoms with van der Waals surface area (Å²) in [7, 11) is 1.68. The van der Waals surface area contributed by atoms with Crippen molar-refractivity contribution >= 4 is 0 Å². The third-order valence-electron chi connectivity index (χ3n) is 2.72. The maximum Gasteiger partial charge on any atom is 0.0930 e. The lowest BCUT2D eigenvalue weighted by atomic mass is 9.83. The Labute approximate surface area is 80.6 Å². The highest BCUT2D eigenvalue weighted by Gasteiger charge is 2.17. The largest absolute Gasteiger partial charge is 0.382 e. The fraction of sp³-hybridized carbons (Fsp3) is 1.00. The molecule has 0 aromatic heterocycles. The van der Waals surface area contributed by atoms with Crippen LogP contribution in [-0.2, 0) is 9.47 Å². The standard InChI is InChI=1S/C10H21NO2/c1-12-8-10(7-11)13-6-5-9-3-2-4-9/h9-10H,2-8,11H2,1H3. The minimum Gasteiger partial charge on any atom is -0.382 e. The third-order valence-corrected chi connectivity index (χ3v) is 2.72. The lowest BCUT2D eigenvalue weighted by Gasteiger charge is -2.26. The van der Waals surface area contributed by atoms with Gasteiger partial charge in [0.15, 0.2) is 0 Å². The monoisotopic (exact) mass is 187 g/mol. The Morgan fingerprint density at radius 3 is 2.69 bits per heavy atom. The van der Waals surface area contributed by atoms with E-state index in [1.54, 1.807) is 7.11 Å². The summed E-state index contributed by atoms with van der Waals surface area (Å²) in [6.45, 7) is 2.01. The van der Waals surface area contributed by atoms with E-state index in [0.717, 1.165) is 12.5 Å². The molecular weight excluding hydrogens is 166 g/mol. The molecule has 1 atom stereocenters. The lowest BCUT2D eigenvalue weighted by molar-refractivity contribution is -0.00485. The third kappa shape index (κ3) is 4.07. The Kier molecular flexibility index (Phi) is 5.35. The normalized spacial score (nSPS) is 19.8. The van der Waals surface area contributed by atoms with Crippen LogP contribution in [0.25, 0.3) is 0 Å². The predicted molar refractivity (Wildman–Crippen MR) is 52.6 cm³/mol. The molecule has 0 aromatic carbocycles. The lowest BCUT2D eigenvalue weighted by Crippen LogP contribution is -2.29. The zero-order valence-corrected chi connectivity index (χ0v) is 8.50. The molecule has 1 saturated carbocycles. The van der Waals surface area contributed by atoms with Gasteiger partial charge in [-0.1, -0.05) is 19.3 Å². The Balaban J connectivity index is 1.94. The fourth-order valence-electron chi connectivity index (χ4n) is 1.55. The molecule has 2 N–H and O–H groups in total. The van der Waals surface area contributed by atoms with E-state index in [9.17, 15) is 0 Å². The molecule has 1 aliphatic carbocycles. The average Bonchev–Trinajstić information content (AvgIpc) is 2.07. The first-order valence-corrected chi connectivity index (χ1v) is 5.17. The van der Waals surface area contributed by atoms with Crippen LogP contribution in [0.4, 0.5) is 0 Å². The van der Waals surface area contributed by atoms with E-state index in [-0.39, 0.29) is 6.10 Å². The van der Waals surface area contributed by atoms with Crippen molar-refractivity contribution in [3.05, 3.63) is 0 Å². The van der Waals surface area contributed by atoms with Crippen LogP contribution >= 0.6 is 0 Å². The molecule has 0 spiro atoms. The summed E-state index contributed by atoms with van der Waals surface area (Å²) in [5.41, 5.74) is 5.52. The Bertz CT molecular complexity index is 126. The molecule has 1 rings (SSSR count). The van der Waals surface area contributed by atoms with E-state index in [1.807, 2.05) is 0 Å². The van der Waals surface area contributed by atoms with Crippen molar-refractivity contribution in [3.8, 4) is 0 Å². The Morgan fingerprint density at radius 2 is 2.23 bits per heavy atom. The smallest absolute Gasteiger partial charge is 0.0930 e. The van der Waals surface area contributed by atoms with Gasteiger partial charge in [0.25, 0.3) is 0 Å². The summed E-state index contributed by atoms with van der Waals surface area (Å²) in [5.74, 6) is 0.918. The minimum absolute atomic E-state index is 0.0880. The molecule has 3 nitrogen and oxygen atoms in total. The summed E-state index contributed by atoms with van der Waals surface area (Å²) in [6, 6.07) is 0. The first kappa shape index (κ1) is 11.0. The van der Waals surface area contributed by atoms with Gasteiger partial charge >= 0.3 is 0 Å². The van der Waals surface area contributed by atoms with Gasteiger partial charge in [0, 0.05) is 20.3 Å². The molecule has 0 aliphatic heterocycles. The van der Waals surface area contributed by atoms with Crippen LogP contribution in [0, 0.1) is 5.92 Å². The van der Waals surface area contributed by atoms with Gasteiger partial charge in [-0.25, -0.2) is 0 Å². The van der Waals surface area contributed by atoms with Crippen LogP contribution in [0.1, 0.15) is 25.7 Å². The van der Waals surface area contributed by atoms with Gasteiger partial charge in [0.1, 0.15) is 0 Å². The van der Waals surface area contributed by atoms with E-state index in [4.69, 9.17) is 15.2 Å². The van der Waals surface area contributed by atoms with Crippen LogP contribution in [0.2, 0.25) is 0 Å². The molecule has 0 aromatic rings. The van der Waals surface area contributed by atoms with E-state index < -0.39 is 0 Å². The highest BCUT2D eigenvalue weighted by molar-refractivity contribution is 4.69. The second-order valence-corrected chi connectivity index (χ2v) is 3.77. The molecule has 1 fully saturated rings. The summed E-state index contributed by atoms with van der Waals surface area (Å²) in [4.78, 5) is 0. The Hall–Kier alpha value is -0.120. The van der Waals surface area contributed by atoms with Crippen molar-refractivity contribution in [2.45, 2.75) is 31.8 Å². The topological polar surface area (TPSA) is 44.5 Å². The summed E-state index contributed by atoms with van der Waals surface area (Å²) < 4.78 is 10.6. The van der Waals surface area contributed by atoms with Gasteiger partial charge in [0.2, 0.25) is 0 Å². The molecule has 1 aliphatic rings. The average molecular weight is 187 g/mol. The van der Waals surface area contributed by atoms with Crippen LogP contribution in [-0.4, -0.2) is 33.0 Å². The van der Waals surface area contributed by atoms with Gasteiger partial charge in [-0.15, -0.1) is 0 Å². The van der Waals surface area contributed by atoms with Crippen LogP contribution < -0.4 is 5.73 Å². The zero-order valence-electron chi connectivity index (χ0n) is 8.50. The van der Waals surface area contributed by atoms with Crippen LogP contribution in [0.3, 0.4) is 0 Å². The van der Waals surface area contributed by atoms with E-state index in [2.05, 4.69) is 0 Å². The first-order valence-electron chi connectivity index (χ1n) is 5.17. The van der Waals surface area contributed by atoms with Crippen LogP contribution in [0.15, 0.2) is 0 Å². The Morgan fingerprint density at radius 1 is 1.46 bits per heavy atom. The van der Waals surface area contributed by atoms with Crippen molar-refractivity contribution in [2.24, 2.45) is 11.7 Å². The summed E-state index contributed by atoms with van der Waals surface area (Å²) in [5, 5.41) is 0. The first-order chi connectivity index (χ1) is 6.36. The van der Waals surface area contributed by atoms with E-state index >= 15 is 0 Å². The maximum atomic E-state index is 5.59. The van der Waals surface area contributed by atoms with Gasteiger partial charge in [-0.3, -0.25) is 0 Å². The molecule has 78 valence electrons. The number of ether oxygens (including phenoxy) is 2. The summed E-state index contributed by atoms with van der Waals surface area (Å²) in [6.07, 6.45) is 5.47. The second-order valence-electron chi connectivity index (χ2n) is 3.77. The van der Waals surface area contributed by atoms with Gasteiger partial charge < -0.3 is 15.2 Å². The minimum atomic E-state index is 0.0880. The molecular formula is C10H21NO2. The number of nitrogens with two attached hydrogens (primary N) is 1. The molecule has 0 saturated heterocycles. The molecule has 3 heteroatoms. The number of methoxy groups -OCH3 is 1. The number of hydrogen-bond acceptors (Lipinski definition) is 3. The molecule has 0 bridgehead atoms. The van der Waals surface area contributed by atoms with Crippen molar-refractivity contribution in [2.75, 3.05) is 26.9 Å². The highest BCUT2D eigenvalue weighted by Crippen LogP contribution is 2.29. The summed E-state index contributed by atoms with van der Waals surface area (Å²) >= 11 is 0. The predicted octanol–water partition coefficient (Wildman–Crippen LogP) is 1.17. The van der Waals surface area contributed by atoms with E-state index in [0.29, 0.717) is 13.2 Å². The maximum absolute atomic E-state index is 5.59. The molecule has 0 amide bonds. The van der Waals surface area contributed by atoms with Gasteiger partial charge in [-0.2, -0.15) is 0 Å². The highest BCUT2D eigenvalue weighted by atomic mass is 16.5. The second kappa shape index (κ2) is 6.35. The molecule has 1 unspecified atom stereocenters. The van der Waals surface area contributed by atoms with Crippen molar-refractivity contribution in [1.82, 2.24) is 0 Å². The molecule has 0 radical (unpaired) electrons. The van der Waals surface area contributed by atoms with Crippen molar-refractivity contribution in [3.63, 3.8) is 0 Å². The van der Waals surface area contributed by atoms with Crippen molar-refractivity contribution in [1.29, 1.82) is 0 Å². The number of hydrogen-bond donors (Lipinski definition) is 1. The van der Waals surface area contributed by atoms with E-state index in [1.165, 1.54) is 25.7 Å². The zero-order chi connectivity index (χ0) is 9.52. The van der Waals surface area contributed by atoms with Crippen LogP contribution in [0.5, 0.6) is 0 Å². The van der Waals surface area contributed by atoms with Gasteiger partial charge in [-0.05, 0) is 12.3 Å². The SMILES string of the molecule is COCC(CN)OCCC1CCC1. The quantitative estimate of drug-likeness (QED) is 0.650. The number of rotatable bonds is 7. The molecule has 0 heterocycles. The fourth-order valence-corrected chi connectivity index (χ4v) is 1.55.